The van der Waals surface area contributed by atoms with Crippen LogP contribution in [0, 0.1) is 0 Å². The minimum Gasteiger partial charge on any atom is -0.445 e. The van der Waals surface area contributed by atoms with Crippen LogP contribution in [0.3, 0.4) is 0 Å². The quantitative estimate of drug-likeness (QED) is 0.222. The second kappa shape index (κ2) is 9.19. The molecule has 0 fully saturated rings. The molecule has 0 N–H and O–H groups in total. The molecule has 0 saturated carbocycles. The number of ketones is 1. The van der Waals surface area contributed by atoms with Gasteiger partial charge in [0.1, 0.15) is 0 Å². The summed E-state index contributed by atoms with van der Waals surface area (Å²) in [5.41, 5.74) is 2.18. The fraction of sp³-hybridized carbons (Fsp3) is 0.0345. The fourth-order valence-electron chi connectivity index (χ4n) is 4.00. The van der Waals surface area contributed by atoms with E-state index < -0.39 is 23.9 Å². The van der Waals surface area contributed by atoms with E-state index in [0.717, 1.165) is 4.90 Å². The van der Waals surface area contributed by atoms with Crippen molar-refractivity contribution in [3.05, 3.63) is 137 Å². The molecule has 4 aromatic rings. The van der Waals surface area contributed by atoms with Crippen molar-refractivity contribution in [2.24, 2.45) is 0 Å². The van der Waals surface area contributed by atoms with Crippen LogP contribution in [0.15, 0.2) is 109 Å². The molecule has 170 valence electrons. The topological polar surface area (TPSA) is 80.8 Å². The number of anilines is 1. The van der Waals surface area contributed by atoms with Gasteiger partial charge in [-0.25, -0.2) is 9.69 Å². The molecule has 0 aromatic heterocycles. The molecular weight excluding hydrogens is 442 g/mol. The summed E-state index contributed by atoms with van der Waals surface area (Å²) < 4.78 is 5.66. The Morgan fingerprint density at radius 2 is 1.11 bits per heavy atom. The van der Waals surface area contributed by atoms with Crippen molar-refractivity contribution in [2.75, 3.05) is 4.90 Å². The average molecular weight is 461 g/mol. The number of carbonyl (C=O) groups excluding carboxylic acids is 4. The van der Waals surface area contributed by atoms with Gasteiger partial charge in [-0.05, 0) is 36.4 Å². The number of ether oxygens (including phenoxy) is 1. The Bertz CT molecular complexity index is 1390. The highest BCUT2D eigenvalue weighted by Crippen LogP contribution is 2.29. The summed E-state index contributed by atoms with van der Waals surface area (Å²) in [5.74, 6) is -1.87. The van der Waals surface area contributed by atoms with Gasteiger partial charge in [0.25, 0.3) is 11.8 Å². The molecule has 0 saturated heterocycles. The molecule has 0 bridgehead atoms. The first-order valence-electron chi connectivity index (χ1n) is 11.0. The van der Waals surface area contributed by atoms with E-state index in [0.29, 0.717) is 27.9 Å². The first-order valence-corrected chi connectivity index (χ1v) is 11.0. The van der Waals surface area contributed by atoms with Crippen LogP contribution in [0.1, 0.15) is 53.1 Å². The Kier molecular flexibility index (Phi) is 5.77. The summed E-state index contributed by atoms with van der Waals surface area (Å²) in [6.07, 6.45) is -1.12. The zero-order valence-corrected chi connectivity index (χ0v) is 18.5. The van der Waals surface area contributed by atoms with Gasteiger partial charge in [0.05, 0.1) is 22.4 Å². The van der Waals surface area contributed by atoms with Crippen molar-refractivity contribution in [3.63, 3.8) is 0 Å². The molecule has 0 unspecified atom stereocenters. The summed E-state index contributed by atoms with van der Waals surface area (Å²) in [6.45, 7) is 0. The highest BCUT2D eigenvalue weighted by Gasteiger charge is 2.36. The van der Waals surface area contributed by atoms with Gasteiger partial charge in [-0.2, -0.15) is 0 Å². The maximum absolute atomic E-state index is 13.2. The molecule has 5 rings (SSSR count). The minimum atomic E-state index is -1.12. The summed E-state index contributed by atoms with van der Waals surface area (Å²) in [5, 5.41) is 0. The van der Waals surface area contributed by atoms with E-state index in [1.54, 1.807) is 78.9 Å². The fourth-order valence-corrected chi connectivity index (χ4v) is 4.00. The summed E-state index contributed by atoms with van der Waals surface area (Å²) in [7, 11) is 0. The number of nitrogens with zero attached hydrogens (tertiary/aromatic N) is 1. The van der Waals surface area contributed by atoms with E-state index in [-0.39, 0.29) is 11.3 Å². The molecule has 35 heavy (non-hydrogen) atoms. The first-order chi connectivity index (χ1) is 17.0. The number of rotatable bonds is 6. The predicted octanol–water partition coefficient (Wildman–Crippen LogP) is 5.27. The summed E-state index contributed by atoms with van der Waals surface area (Å²) in [6, 6.07) is 30.0. The van der Waals surface area contributed by atoms with E-state index in [2.05, 4.69) is 0 Å². The van der Waals surface area contributed by atoms with E-state index in [1.165, 1.54) is 24.3 Å². The van der Waals surface area contributed by atoms with E-state index in [9.17, 15) is 19.2 Å². The molecule has 1 atom stereocenters. The smallest absolute Gasteiger partial charge is 0.339 e. The van der Waals surface area contributed by atoms with Gasteiger partial charge in [0.2, 0.25) is 5.78 Å². The number of imide groups is 1. The zero-order valence-electron chi connectivity index (χ0n) is 18.5. The highest BCUT2D eigenvalue weighted by molar-refractivity contribution is 6.34. The lowest BCUT2D eigenvalue weighted by molar-refractivity contribution is 0.0280. The number of hydrogen-bond donors (Lipinski definition) is 0. The minimum absolute atomic E-state index is 0.187. The van der Waals surface area contributed by atoms with Crippen LogP contribution in [0.25, 0.3) is 0 Å². The van der Waals surface area contributed by atoms with Crippen molar-refractivity contribution < 1.29 is 23.9 Å². The van der Waals surface area contributed by atoms with Gasteiger partial charge in [-0.15, -0.1) is 0 Å². The molecule has 0 spiro atoms. The maximum atomic E-state index is 13.2. The van der Waals surface area contributed by atoms with Gasteiger partial charge in [0.15, 0.2) is 6.10 Å². The van der Waals surface area contributed by atoms with Crippen LogP contribution in [-0.4, -0.2) is 23.6 Å². The zero-order chi connectivity index (χ0) is 24.4. The number of benzene rings is 4. The molecule has 6 heteroatoms. The Hall–Kier alpha value is -4.84. The number of esters is 1. The van der Waals surface area contributed by atoms with Crippen LogP contribution < -0.4 is 4.90 Å². The van der Waals surface area contributed by atoms with E-state index in [4.69, 9.17) is 4.74 Å². The van der Waals surface area contributed by atoms with E-state index in [1.807, 2.05) is 6.07 Å². The highest BCUT2D eigenvalue weighted by atomic mass is 16.5. The van der Waals surface area contributed by atoms with Crippen LogP contribution in [0.4, 0.5) is 5.69 Å². The van der Waals surface area contributed by atoms with Crippen molar-refractivity contribution in [1.29, 1.82) is 0 Å². The molecule has 0 radical (unpaired) electrons. The van der Waals surface area contributed by atoms with Crippen molar-refractivity contribution in [3.8, 4) is 0 Å². The van der Waals surface area contributed by atoms with Gasteiger partial charge >= 0.3 is 5.97 Å². The molecule has 1 heterocycles. The lowest BCUT2D eigenvalue weighted by atomic mass is 10.00. The summed E-state index contributed by atoms with van der Waals surface area (Å²) >= 11 is 0. The standard InChI is InChI=1S/C29H19NO5/c31-25(19-9-3-1-4-10-19)26(20-11-5-2-6-12-20)35-29(34)21-15-17-22(18-16-21)30-27(32)23-13-7-8-14-24(23)28(30)33/h1-18,26H/t26-/m1/s1. The maximum Gasteiger partial charge on any atom is 0.339 e. The third-order valence-corrected chi connectivity index (χ3v) is 5.78. The molecule has 0 aliphatic carbocycles. The molecule has 4 aromatic carbocycles. The Morgan fingerprint density at radius 3 is 1.69 bits per heavy atom. The predicted molar refractivity (Wildman–Crippen MR) is 129 cm³/mol. The Labute approximate surface area is 201 Å². The van der Waals surface area contributed by atoms with Crippen LogP contribution in [0.2, 0.25) is 0 Å². The van der Waals surface area contributed by atoms with Gasteiger partial charge in [-0.1, -0.05) is 72.8 Å². The lowest BCUT2D eigenvalue weighted by Gasteiger charge is -2.18. The molecule has 2 amide bonds. The number of amides is 2. The van der Waals surface area contributed by atoms with Gasteiger partial charge in [0, 0.05) is 11.1 Å². The molecule has 6 nitrogen and oxygen atoms in total. The van der Waals surface area contributed by atoms with E-state index >= 15 is 0 Å². The van der Waals surface area contributed by atoms with Crippen molar-refractivity contribution in [1.82, 2.24) is 0 Å². The second-order valence-corrected chi connectivity index (χ2v) is 7.96. The lowest BCUT2D eigenvalue weighted by Crippen LogP contribution is -2.29. The Morgan fingerprint density at radius 1 is 0.600 bits per heavy atom. The van der Waals surface area contributed by atoms with Crippen molar-refractivity contribution >= 4 is 29.3 Å². The van der Waals surface area contributed by atoms with Crippen LogP contribution in [0.5, 0.6) is 0 Å². The van der Waals surface area contributed by atoms with Gasteiger partial charge < -0.3 is 4.74 Å². The SMILES string of the molecule is O=C(O[C@@H](C(=O)c1ccccc1)c1ccccc1)c1ccc(N2C(=O)c3ccccc3C2=O)cc1. The third-order valence-electron chi connectivity index (χ3n) is 5.78. The normalized spacial score (nSPS) is 13.3. The second-order valence-electron chi connectivity index (χ2n) is 7.96. The first kappa shape index (κ1) is 22.0. The van der Waals surface area contributed by atoms with Crippen LogP contribution in [-0.2, 0) is 4.74 Å². The molecule has 1 aliphatic rings. The monoisotopic (exact) mass is 461 g/mol. The largest absolute Gasteiger partial charge is 0.445 e. The van der Waals surface area contributed by atoms with Crippen molar-refractivity contribution in [2.45, 2.75) is 6.10 Å². The number of fused-ring (bicyclic) bond motifs is 1. The molecular formula is C29H19NO5. The third kappa shape index (κ3) is 4.13. The Balaban J connectivity index is 1.38. The molecule has 1 aliphatic heterocycles. The van der Waals surface area contributed by atoms with Gasteiger partial charge in [-0.3, -0.25) is 14.4 Å². The number of hydrogen-bond acceptors (Lipinski definition) is 5. The summed E-state index contributed by atoms with van der Waals surface area (Å²) in [4.78, 5) is 52.6. The number of carbonyl (C=O) groups is 4. The number of Topliss-reactive ketones (excluding diaryl/α,β-unsaturated/α-hetero) is 1. The average Bonchev–Trinajstić information content (AvgIpc) is 3.17. The van der Waals surface area contributed by atoms with Crippen LogP contribution >= 0.6 is 0 Å².